The molecule has 2 rings (SSSR count). The fourth-order valence-corrected chi connectivity index (χ4v) is 2.82. The van der Waals surface area contributed by atoms with Crippen LogP contribution in [0.2, 0.25) is 0 Å². The van der Waals surface area contributed by atoms with Crippen LogP contribution in [0.3, 0.4) is 0 Å². The highest BCUT2D eigenvalue weighted by Gasteiger charge is 2.26. The predicted octanol–water partition coefficient (Wildman–Crippen LogP) is 0.704. The summed E-state index contributed by atoms with van der Waals surface area (Å²) in [5.41, 5.74) is 0. The van der Waals surface area contributed by atoms with Gasteiger partial charge in [0.05, 0.1) is 18.0 Å². The summed E-state index contributed by atoms with van der Waals surface area (Å²) in [5.74, 6) is 0.263. The molecule has 0 aromatic carbocycles. The molecule has 0 N–H and O–H groups in total. The Bertz CT molecular complexity index is 244. The standard InChI is InChI=1S/C11H19BrN2O2/c12-10-2-1-3-14(11(10)15)5-4-13-6-8-16-9-7-13/h10H,1-9H2. The molecule has 2 aliphatic rings. The maximum atomic E-state index is 11.8. The zero-order valence-electron chi connectivity index (χ0n) is 9.53. The Morgan fingerprint density at radius 3 is 2.75 bits per heavy atom. The normalized spacial score (nSPS) is 28.4. The monoisotopic (exact) mass is 290 g/mol. The molecular formula is C11H19BrN2O2. The summed E-state index contributed by atoms with van der Waals surface area (Å²) in [5, 5.41) is 0. The van der Waals surface area contributed by atoms with Gasteiger partial charge >= 0.3 is 0 Å². The van der Waals surface area contributed by atoms with Gasteiger partial charge in [0.15, 0.2) is 0 Å². The summed E-state index contributed by atoms with van der Waals surface area (Å²) in [6.45, 7) is 6.42. The van der Waals surface area contributed by atoms with Crippen LogP contribution in [0.5, 0.6) is 0 Å². The van der Waals surface area contributed by atoms with E-state index in [1.54, 1.807) is 0 Å². The average molecular weight is 291 g/mol. The van der Waals surface area contributed by atoms with E-state index in [9.17, 15) is 4.79 Å². The molecule has 0 radical (unpaired) electrons. The van der Waals surface area contributed by atoms with Crippen molar-refractivity contribution >= 4 is 21.8 Å². The van der Waals surface area contributed by atoms with E-state index >= 15 is 0 Å². The van der Waals surface area contributed by atoms with Crippen molar-refractivity contribution in [3.63, 3.8) is 0 Å². The lowest BCUT2D eigenvalue weighted by molar-refractivity contribution is -0.132. The van der Waals surface area contributed by atoms with Crippen molar-refractivity contribution in [2.24, 2.45) is 0 Å². The van der Waals surface area contributed by atoms with Crippen LogP contribution in [0.4, 0.5) is 0 Å². The van der Waals surface area contributed by atoms with Gasteiger partial charge < -0.3 is 9.64 Å². The first-order chi connectivity index (χ1) is 7.77. The van der Waals surface area contributed by atoms with E-state index in [4.69, 9.17) is 4.74 Å². The highest BCUT2D eigenvalue weighted by Crippen LogP contribution is 2.18. The fraction of sp³-hybridized carbons (Fsp3) is 0.909. The Balaban J connectivity index is 1.73. The summed E-state index contributed by atoms with van der Waals surface area (Å²) in [6, 6.07) is 0. The molecule has 2 fully saturated rings. The van der Waals surface area contributed by atoms with Crippen LogP contribution in [0.1, 0.15) is 12.8 Å². The largest absolute Gasteiger partial charge is 0.379 e. The van der Waals surface area contributed by atoms with E-state index in [2.05, 4.69) is 20.8 Å². The van der Waals surface area contributed by atoms with E-state index in [1.807, 2.05) is 4.90 Å². The van der Waals surface area contributed by atoms with Crippen LogP contribution in [-0.4, -0.2) is 66.5 Å². The minimum Gasteiger partial charge on any atom is -0.379 e. The number of carbonyl (C=O) groups excluding carboxylic acids is 1. The van der Waals surface area contributed by atoms with E-state index in [0.29, 0.717) is 0 Å². The third-order valence-electron chi connectivity index (χ3n) is 3.26. The maximum absolute atomic E-state index is 11.8. The molecule has 16 heavy (non-hydrogen) atoms. The Morgan fingerprint density at radius 2 is 2.00 bits per heavy atom. The van der Waals surface area contributed by atoms with Crippen molar-refractivity contribution < 1.29 is 9.53 Å². The number of piperidine rings is 1. The quantitative estimate of drug-likeness (QED) is 0.718. The van der Waals surface area contributed by atoms with Crippen molar-refractivity contribution in [3.8, 4) is 0 Å². The van der Waals surface area contributed by atoms with Crippen molar-refractivity contribution in [3.05, 3.63) is 0 Å². The second-order valence-electron chi connectivity index (χ2n) is 4.39. The van der Waals surface area contributed by atoms with Gasteiger partial charge in [0.25, 0.3) is 0 Å². The number of carbonyl (C=O) groups is 1. The lowest BCUT2D eigenvalue weighted by Crippen LogP contribution is -2.47. The first kappa shape index (κ1) is 12.3. The zero-order valence-corrected chi connectivity index (χ0v) is 11.1. The molecule has 1 atom stereocenters. The van der Waals surface area contributed by atoms with Gasteiger partial charge in [-0.2, -0.15) is 0 Å². The van der Waals surface area contributed by atoms with Crippen LogP contribution in [0, 0.1) is 0 Å². The third kappa shape index (κ3) is 3.18. The van der Waals surface area contributed by atoms with Crippen LogP contribution in [0.15, 0.2) is 0 Å². The second-order valence-corrected chi connectivity index (χ2v) is 5.49. The van der Waals surface area contributed by atoms with Gasteiger partial charge in [-0.25, -0.2) is 0 Å². The van der Waals surface area contributed by atoms with Crippen LogP contribution in [-0.2, 0) is 9.53 Å². The number of likely N-dealkylation sites (tertiary alicyclic amines) is 1. The average Bonchev–Trinajstić information content (AvgIpc) is 2.32. The van der Waals surface area contributed by atoms with Gasteiger partial charge in [-0.1, -0.05) is 15.9 Å². The summed E-state index contributed by atoms with van der Waals surface area (Å²) in [7, 11) is 0. The molecule has 0 spiro atoms. The molecular weight excluding hydrogens is 272 g/mol. The minimum atomic E-state index is 0.0472. The van der Waals surface area contributed by atoms with Crippen LogP contribution >= 0.6 is 15.9 Å². The number of alkyl halides is 1. The van der Waals surface area contributed by atoms with Crippen molar-refractivity contribution in [2.75, 3.05) is 45.9 Å². The molecule has 2 saturated heterocycles. The molecule has 0 saturated carbocycles. The smallest absolute Gasteiger partial charge is 0.236 e. The molecule has 0 aromatic rings. The van der Waals surface area contributed by atoms with Crippen LogP contribution in [0.25, 0.3) is 0 Å². The number of ether oxygens (including phenoxy) is 1. The summed E-state index contributed by atoms with van der Waals surface area (Å²) < 4.78 is 5.30. The molecule has 92 valence electrons. The van der Waals surface area contributed by atoms with Crippen LogP contribution < -0.4 is 0 Å². The van der Waals surface area contributed by atoms with Gasteiger partial charge in [0.1, 0.15) is 0 Å². The number of amides is 1. The molecule has 2 heterocycles. The summed E-state index contributed by atoms with van der Waals surface area (Å²) in [6.07, 6.45) is 2.09. The molecule has 0 aliphatic carbocycles. The van der Waals surface area contributed by atoms with E-state index in [1.165, 1.54) is 0 Å². The van der Waals surface area contributed by atoms with Crippen molar-refractivity contribution in [1.29, 1.82) is 0 Å². The Morgan fingerprint density at radius 1 is 1.25 bits per heavy atom. The van der Waals surface area contributed by atoms with Gasteiger partial charge in [0.2, 0.25) is 5.91 Å². The number of rotatable bonds is 3. The summed E-state index contributed by atoms with van der Waals surface area (Å²) >= 11 is 3.44. The number of nitrogens with zero attached hydrogens (tertiary/aromatic N) is 2. The molecule has 1 amide bonds. The SMILES string of the molecule is O=C1C(Br)CCCN1CCN1CCOCC1. The van der Waals surface area contributed by atoms with Crippen molar-refractivity contribution in [1.82, 2.24) is 9.80 Å². The fourth-order valence-electron chi connectivity index (χ4n) is 2.20. The highest BCUT2D eigenvalue weighted by molar-refractivity contribution is 9.10. The number of morpholine rings is 1. The zero-order chi connectivity index (χ0) is 11.4. The molecule has 5 heteroatoms. The first-order valence-corrected chi connectivity index (χ1v) is 6.92. The Labute approximate surface area is 105 Å². The number of halogens is 1. The van der Waals surface area contributed by atoms with E-state index < -0.39 is 0 Å². The van der Waals surface area contributed by atoms with Gasteiger partial charge in [0, 0.05) is 32.7 Å². The topological polar surface area (TPSA) is 32.8 Å². The van der Waals surface area contributed by atoms with Gasteiger partial charge in [-0.05, 0) is 12.8 Å². The van der Waals surface area contributed by atoms with Gasteiger partial charge in [-0.3, -0.25) is 9.69 Å². The summed E-state index contributed by atoms with van der Waals surface area (Å²) in [4.78, 5) is 16.2. The Kier molecular flexibility index (Phi) is 4.61. The Hall–Kier alpha value is -0.130. The first-order valence-electron chi connectivity index (χ1n) is 6.00. The lowest BCUT2D eigenvalue weighted by Gasteiger charge is -2.33. The molecule has 2 aliphatic heterocycles. The maximum Gasteiger partial charge on any atom is 0.236 e. The minimum absolute atomic E-state index is 0.0472. The lowest BCUT2D eigenvalue weighted by atomic mass is 10.1. The third-order valence-corrected chi connectivity index (χ3v) is 4.10. The molecule has 4 nitrogen and oxygen atoms in total. The number of hydrogen-bond donors (Lipinski definition) is 0. The van der Waals surface area contributed by atoms with E-state index in [0.717, 1.165) is 58.8 Å². The highest BCUT2D eigenvalue weighted by atomic mass is 79.9. The van der Waals surface area contributed by atoms with E-state index in [-0.39, 0.29) is 10.7 Å². The van der Waals surface area contributed by atoms with Crippen molar-refractivity contribution in [2.45, 2.75) is 17.7 Å². The molecule has 0 aromatic heterocycles. The number of hydrogen-bond acceptors (Lipinski definition) is 3. The van der Waals surface area contributed by atoms with Gasteiger partial charge in [-0.15, -0.1) is 0 Å². The molecule has 1 unspecified atom stereocenters. The predicted molar refractivity (Wildman–Crippen MR) is 65.8 cm³/mol. The second kappa shape index (κ2) is 5.98. The molecule has 0 bridgehead atoms.